The number of nitrogens with zero attached hydrogens (tertiary/aromatic N) is 3. The van der Waals surface area contributed by atoms with Crippen molar-refractivity contribution in [1.82, 2.24) is 15.5 Å². The average Bonchev–Trinajstić information content (AvgIpc) is 3.25. The van der Waals surface area contributed by atoms with E-state index >= 15 is 0 Å². The van der Waals surface area contributed by atoms with Gasteiger partial charge in [0, 0.05) is 49.0 Å². The number of ether oxygens (including phenoxy) is 2. The van der Waals surface area contributed by atoms with E-state index in [1.807, 2.05) is 43.3 Å². The van der Waals surface area contributed by atoms with E-state index in [0.29, 0.717) is 42.5 Å². The summed E-state index contributed by atoms with van der Waals surface area (Å²) in [4.78, 5) is 8.93. The van der Waals surface area contributed by atoms with Crippen LogP contribution in [0.15, 0.2) is 58.0 Å². The molecule has 0 bridgehead atoms. The van der Waals surface area contributed by atoms with Crippen molar-refractivity contribution < 1.29 is 14.0 Å². The summed E-state index contributed by atoms with van der Waals surface area (Å²) >= 11 is 5.92. The van der Waals surface area contributed by atoms with Crippen molar-refractivity contribution in [2.75, 3.05) is 32.2 Å². The van der Waals surface area contributed by atoms with E-state index in [4.69, 9.17) is 25.6 Å². The second-order valence-electron chi connectivity index (χ2n) is 6.56. The van der Waals surface area contributed by atoms with E-state index in [1.165, 1.54) is 0 Å². The standard InChI is InChI=1S/C22H26ClN5O3.HI/c1-3-24-22(26-18-6-4-7-19(14-18)30-13-5-12-29-2)25-15-20-27-21(28-31-20)16-8-10-17(23)11-9-16;/h4,6-11,14H,3,5,12-13,15H2,1-2H3,(H2,24,25,26);1H. The molecule has 0 atom stereocenters. The number of hydrogen-bond acceptors (Lipinski definition) is 6. The van der Waals surface area contributed by atoms with Gasteiger partial charge < -0.3 is 24.6 Å². The van der Waals surface area contributed by atoms with E-state index in [2.05, 4.69) is 25.8 Å². The van der Waals surface area contributed by atoms with Crippen LogP contribution in [0.1, 0.15) is 19.2 Å². The molecule has 0 spiro atoms. The number of hydrogen-bond donors (Lipinski definition) is 2. The lowest BCUT2D eigenvalue weighted by molar-refractivity contribution is 0.172. The first-order valence-electron chi connectivity index (χ1n) is 10.0. The molecule has 2 aromatic carbocycles. The first-order chi connectivity index (χ1) is 15.2. The number of rotatable bonds is 10. The highest BCUT2D eigenvalue weighted by molar-refractivity contribution is 14.0. The van der Waals surface area contributed by atoms with Gasteiger partial charge in [0.25, 0.3) is 0 Å². The Bertz CT molecular complexity index is 982. The minimum absolute atomic E-state index is 0. The molecule has 0 saturated heterocycles. The summed E-state index contributed by atoms with van der Waals surface area (Å²) < 4.78 is 16.1. The number of benzene rings is 2. The molecule has 0 saturated carbocycles. The Hall–Kier alpha value is -2.37. The molecule has 3 rings (SSSR count). The molecule has 0 aliphatic heterocycles. The molecule has 32 heavy (non-hydrogen) atoms. The van der Waals surface area contributed by atoms with E-state index in [-0.39, 0.29) is 30.5 Å². The van der Waals surface area contributed by atoms with Gasteiger partial charge in [-0.25, -0.2) is 4.99 Å². The molecule has 0 fully saturated rings. The zero-order chi connectivity index (χ0) is 21.9. The summed E-state index contributed by atoms with van der Waals surface area (Å²) in [5.41, 5.74) is 1.69. The molecule has 3 aromatic rings. The second-order valence-corrected chi connectivity index (χ2v) is 7.00. The molecule has 0 unspecified atom stereocenters. The van der Waals surface area contributed by atoms with Gasteiger partial charge >= 0.3 is 0 Å². The summed E-state index contributed by atoms with van der Waals surface area (Å²) in [6, 6.07) is 15.0. The summed E-state index contributed by atoms with van der Waals surface area (Å²) in [7, 11) is 1.68. The van der Waals surface area contributed by atoms with Crippen molar-refractivity contribution >= 4 is 47.2 Å². The van der Waals surface area contributed by atoms with E-state index in [1.54, 1.807) is 19.2 Å². The Morgan fingerprint density at radius 3 is 2.72 bits per heavy atom. The third-order valence-corrected chi connectivity index (χ3v) is 4.40. The highest BCUT2D eigenvalue weighted by atomic mass is 127. The molecular weight excluding hydrogens is 545 g/mol. The maximum atomic E-state index is 5.92. The van der Waals surface area contributed by atoms with Gasteiger partial charge in [0.2, 0.25) is 11.7 Å². The Morgan fingerprint density at radius 2 is 1.97 bits per heavy atom. The summed E-state index contributed by atoms with van der Waals surface area (Å²) in [6.07, 6.45) is 0.834. The Labute approximate surface area is 209 Å². The quantitative estimate of drug-likeness (QED) is 0.153. The van der Waals surface area contributed by atoms with Gasteiger partial charge in [-0.05, 0) is 43.3 Å². The van der Waals surface area contributed by atoms with Crippen LogP contribution in [0.2, 0.25) is 5.02 Å². The molecule has 2 N–H and O–H groups in total. The number of guanidine groups is 1. The van der Waals surface area contributed by atoms with Crippen LogP contribution in [0.3, 0.4) is 0 Å². The zero-order valence-electron chi connectivity index (χ0n) is 18.0. The monoisotopic (exact) mass is 571 g/mol. The predicted molar refractivity (Wildman–Crippen MR) is 137 cm³/mol. The van der Waals surface area contributed by atoms with Gasteiger partial charge in [-0.2, -0.15) is 4.98 Å². The maximum Gasteiger partial charge on any atom is 0.248 e. The first kappa shape index (κ1) is 25.9. The molecule has 1 aromatic heterocycles. The Morgan fingerprint density at radius 1 is 1.16 bits per heavy atom. The van der Waals surface area contributed by atoms with Crippen molar-refractivity contribution in [3.05, 3.63) is 59.4 Å². The van der Waals surface area contributed by atoms with E-state index in [0.717, 1.165) is 23.4 Å². The van der Waals surface area contributed by atoms with Crippen molar-refractivity contribution in [2.45, 2.75) is 19.9 Å². The molecule has 172 valence electrons. The van der Waals surface area contributed by atoms with Crippen LogP contribution >= 0.6 is 35.6 Å². The topological polar surface area (TPSA) is 93.8 Å². The van der Waals surface area contributed by atoms with Gasteiger partial charge in [-0.15, -0.1) is 24.0 Å². The highest BCUT2D eigenvalue weighted by Gasteiger charge is 2.09. The molecular formula is C22H27ClIN5O3. The van der Waals surface area contributed by atoms with Gasteiger partial charge in [-0.1, -0.05) is 22.8 Å². The van der Waals surface area contributed by atoms with Crippen LogP contribution in [-0.4, -0.2) is 43.0 Å². The van der Waals surface area contributed by atoms with Crippen molar-refractivity contribution in [2.24, 2.45) is 4.99 Å². The predicted octanol–water partition coefficient (Wildman–Crippen LogP) is 5.00. The summed E-state index contributed by atoms with van der Waals surface area (Å²) in [5, 5.41) is 11.1. The average molecular weight is 572 g/mol. The van der Waals surface area contributed by atoms with Crippen LogP contribution < -0.4 is 15.4 Å². The van der Waals surface area contributed by atoms with Crippen LogP contribution in [0.5, 0.6) is 5.75 Å². The number of anilines is 1. The van der Waals surface area contributed by atoms with E-state index < -0.39 is 0 Å². The Kier molecular flexibility index (Phi) is 11.3. The number of halogens is 2. The second kappa shape index (κ2) is 13.9. The smallest absolute Gasteiger partial charge is 0.248 e. The van der Waals surface area contributed by atoms with E-state index in [9.17, 15) is 0 Å². The third-order valence-electron chi connectivity index (χ3n) is 4.15. The first-order valence-corrected chi connectivity index (χ1v) is 10.4. The van der Waals surface area contributed by atoms with Crippen LogP contribution in [0.4, 0.5) is 5.69 Å². The maximum absolute atomic E-state index is 5.92. The largest absolute Gasteiger partial charge is 0.493 e. The third kappa shape index (κ3) is 8.29. The number of aliphatic imine (C=N–C) groups is 1. The summed E-state index contributed by atoms with van der Waals surface area (Å²) in [6.45, 7) is 4.21. The molecule has 0 radical (unpaired) electrons. The minimum Gasteiger partial charge on any atom is -0.493 e. The summed E-state index contributed by atoms with van der Waals surface area (Å²) in [5.74, 6) is 2.29. The van der Waals surface area contributed by atoms with Crippen LogP contribution in [0, 0.1) is 0 Å². The fourth-order valence-electron chi connectivity index (χ4n) is 2.68. The molecule has 0 aliphatic carbocycles. The minimum atomic E-state index is 0. The fraction of sp³-hybridized carbons (Fsp3) is 0.318. The molecule has 0 aliphatic rings. The van der Waals surface area contributed by atoms with Gasteiger partial charge in [0.15, 0.2) is 5.96 Å². The van der Waals surface area contributed by atoms with Crippen molar-refractivity contribution in [3.8, 4) is 17.1 Å². The number of nitrogens with one attached hydrogen (secondary N) is 2. The molecule has 10 heteroatoms. The normalized spacial score (nSPS) is 11.0. The van der Waals surface area contributed by atoms with Gasteiger partial charge in [-0.3, -0.25) is 0 Å². The van der Waals surface area contributed by atoms with Crippen molar-refractivity contribution in [3.63, 3.8) is 0 Å². The number of methoxy groups -OCH3 is 1. The highest BCUT2D eigenvalue weighted by Crippen LogP contribution is 2.19. The molecule has 1 heterocycles. The lowest BCUT2D eigenvalue weighted by Crippen LogP contribution is -2.30. The number of aromatic nitrogens is 2. The zero-order valence-corrected chi connectivity index (χ0v) is 21.1. The lowest BCUT2D eigenvalue weighted by Gasteiger charge is -2.12. The molecule has 0 amide bonds. The van der Waals surface area contributed by atoms with Gasteiger partial charge in [0.05, 0.1) is 6.61 Å². The SMILES string of the molecule is CCNC(=NCc1nc(-c2ccc(Cl)cc2)no1)Nc1cccc(OCCCOC)c1.I. The van der Waals surface area contributed by atoms with Crippen molar-refractivity contribution in [1.29, 1.82) is 0 Å². The fourth-order valence-corrected chi connectivity index (χ4v) is 2.81. The van der Waals surface area contributed by atoms with Crippen LogP contribution in [-0.2, 0) is 11.3 Å². The van der Waals surface area contributed by atoms with Crippen LogP contribution in [0.25, 0.3) is 11.4 Å². The Balaban J connectivity index is 0.00000363. The lowest BCUT2D eigenvalue weighted by atomic mass is 10.2. The molecule has 8 nitrogen and oxygen atoms in total. The van der Waals surface area contributed by atoms with Gasteiger partial charge in [0.1, 0.15) is 12.3 Å².